The van der Waals surface area contributed by atoms with Gasteiger partial charge in [0.2, 0.25) is 0 Å². The van der Waals surface area contributed by atoms with Crippen LogP contribution in [0.4, 0.5) is 0 Å². The topological polar surface area (TPSA) is 55.6 Å². The first-order valence-corrected chi connectivity index (χ1v) is 6.49. The fourth-order valence-corrected chi connectivity index (χ4v) is 2.41. The molecule has 4 nitrogen and oxygen atoms in total. The number of hydrogen-bond acceptors (Lipinski definition) is 4. The van der Waals surface area contributed by atoms with Crippen LogP contribution in [0.2, 0.25) is 0 Å². The normalized spacial score (nSPS) is 23.3. The summed E-state index contributed by atoms with van der Waals surface area (Å²) in [7, 11) is -0.774. The molecule has 1 fully saturated rings. The fourth-order valence-electron chi connectivity index (χ4n) is 1.35. The maximum atomic E-state index is 11.6. The van der Waals surface area contributed by atoms with Gasteiger partial charge in [-0.3, -0.25) is 9.11 Å². The van der Waals surface area contributed by atoms with Gasteiger partial charge in [-0.1, -0.05) is 0 Å². The van der Waals surface area contributed by atoms with Crippen molar-refractivity contribution in [3.8, 4) is 0 Å². The van der Waals surface area contributed by atoms with Gasteiger partial charge in [-0.25, -0.2) is 0 Å². The van der Waals surface area contributed by atoms with E-state index in [1.54, 1.807) is 0 Å². The number of nitrogens with zero attached hydrogens (tertiary/aromatic N) is 1. The Kier molecular flexibility index (Phi) is 5.62. The van der Waals surface area contributed by atoms with Crippen molar-refractivity contribution >= 4 is 10.8 Å². The van der Waals surface area contributed by atoms with Crippen molar-refractivity contribution in [3.63, 3.8) is 0 Å². The van der Waals surface area contributed by atoms with E-state index in [9.17, 15) is 4.21 Å². The highest BCUT2D eigenvalue weighted by molar-refractivity contribution is 7.85. The fraction of sp³-hybridized carbons (Fsp3) is 1.00. The van der Waals surface area contributed by atoms with Gasteiger partial charge >= 0.3 is 0 Å². The van der Waals surface area contributed by atoms with Crippen LogP contribution in [0.25, 0.3) is 0 Å². The van der Waals surface area contributed by atoms with Crippen molar-refractivity contribution in [3.05, 3.63) is 0 Å². The average Bonchev–Trinajstić information content (AvgIpc) is 2.26. The van der Waals surface area contributed by atoms with Crippen LogP contribution in [-0.2, 0) is 15.5 Å². The van der Waals surface area contributed by atoms with Gasteiger partial charge < -0.3 is 10.5 Å². The van der Waals surface area contributed by atoms with E-state index in [1.807, 2.05) is 6.92 Å². The third-order valence-corrected chi connectivity index (χ3v) is 4.17. The molecule has 0 aromatic rings. The summed E-state index contributed by atoms with van der Waals surface area (Å²) in [6, 6.07) is 0. The zero-order valence-corrected chi connectivity index (χ0v) is 9.59. The first kappa shape index (κ1) is 12.1. The molecule has 0 bridgehead atoms. The molecule has 1 heterocycles. The minimum Gasteiger partial charge on any atom is -0.379 e. The maximum Gasteiger partial charge on any atom is 0.0594 e. The summed E-state index contributed by atoms with van der Waals surface area (Å²) in [5.74, 6) is 0.734. The molecule has 5 heteroatoms. The Hall–Kier alpha value is 0.0300. The van der Waals surface area contributed by atoms with Crippen LogP contribution in [0, 0.1) is 0 Å². The van der Waals surface area contributed by atoms with Gasteiger partial charge in [-0.2, -0.15) is 0 Å². The Morgan fingerprint density at radius 1 is 1.50 bits per heavy atom. The molecular weight excluding hydrogens is 200 g/mol. The first-order chi connectivity index (χ1) is 6.74. The molecule has 84 valence electrons. The van der Waals surface area contributed by atoms with Gasteiger partial charge in [0.1, 0.15) is 0 Å². The summed E-state index contributed by atoms with van der Waals surface area (Å²) in [5, 5.41) is 0.121. The third-order valence-electron chi connectivity index (χ3n) is 2.49. The second-order valence-electron chi connectivity index (χ2n) is 3.59. The van der Waals surface area contributed by atoms with Gasteiger partial charge in [0.05, 0.1) is 13.2 Å². The highest BCUT2D eigenvalue weighted by atomic mass is 32.2. The van der Waals surface area contributed by atoms with Crippen LogP contribution in [0.15, 0.2) is 0 Å². The van der Waals surface area contributed by atoms with E-state index in [0.29, 0.717) is 6.54 Å². The second-order valence-corrected chi connectivity index (χ2v) is 5.56. The molecule has 0 aliphatic carbocycles. The van der Waals surface area contributed by atoms with Crippen LogP contribution < -0.4 is 5.73 Å². The van der Waals surface area contributed by atoms with Crippen LogP contribution in [0.1, 0.15) is 6.92 Å². The average molecular weight is 220 g/mol. The van der Waals surface area contributed by atoms with Crippen molar-refractivity contribution in [1.29, 1.82) is 0 Å². The Morgan fingerprint density at radius 3 is 2.71 bits per heavy atom. The molecule has 2 unspecified atom stereocenters. The molecule has 0 amide bonds. The monoisotopic (exact) mass is 220 g/mol. The SMILES string of the molecule is CC(CN)S(=O)CCN1CCOCC1. The summed E-state index contributed by atoms with van der Waals surface area (Å²) in [4.78, 5) is 2.30. The van der Waals surface area contributed by atoms with Crippen molar-refractivity contribution in [2.45, 2.75) is 12.2 Å². The van der Waals surface area contributed by atoms with E-state index in [2.05, 4.69) is 4.90 Å². The molecule has 14 heavy (non-hydrogen) atoms. The number of nitrogens with two attached hydrogens (primary N) is 1. The lowest BCUT2D eigenvalue weighted by Gasteiger charge is -2.26. The quantitative estimate of drug-likeness (QED) is 0.673. The first-order valence-electron chi connectivity index (χ1n) is 5.11. The summed E-state index contributed by atoms with van der Waals surface area (Å²) in [6.45, 7) is 6.89. The van der Waals surface area contributed by atoms with Crippen molar-refractivity contribution in [2.24, 2.45) is 5.73 Å². The van der Waals surface area contributed by atoms with Crippen LogP contribution in [0.3, 0.4) is 0 Å². The Labute approximate surface area is 88.2 Å². The van der Waals surface area contributed by atoms with Crippen LogP contribution >= 0.6 is 0 Å². The van der Waals surface area contributed by atoms with E-state index < -0.39 is 10.8 Å². The van der Waals surface area contributed by atoms with Gasteiger partial charge in [0, 0.05) is 48.0 Å². The number of morpholine rings is 1. The molecule has 1 rings (SSSR count). The Morgan fingerprint density at radius 2 is 2.14 bits per heavy atom. The van der Waals surface area contributed by atoms with E-state index in [4.69, 9.17) is 10.5 Å². The smallest absolute Gasteiger partial charge is 0.0594 e. The molecular formula is C9H20N2O2S. The minimum atomic E-state index is -0.774. The molecule has 2 N–H and O–H groups in total. The highest BCUT2D eigenvalue weighted by Crippen LogP contribution is 1.99. The van der Waals surface area contributed by atoms with E-state index >= 15 is 0 Å². The van der Waals surface area contributed by atoms with Gasteiger partial charge in [0.25, 0.3) is 0 Å². The predicted octanol–water partition coefficient (Wildman–Crippen LogP) is -0.585. The summed E-state index contributed by atoms with van der Waals surface area (Å²) >= 11 is 0. The predicted molar refractivity (Wildman–Crippen MR) is 58.8 cm³/mol. The van der Waals surface area contributed by atoms with E-state index in [1.165, 1.54) is 0 Å². The number of hydrogen-bond donors (Lipinski definition) is 1. The Bertz CT molecular complexity index is 184. The summed E-state index contributed by atoms with van der Waals surface area (Å²) < 4.78 is 16.8. The van der Waals surface area contributed by atoms with Crippen molar-refractivity contribution < 1.29 is 8.95 Å². The molecule has 1 aliphatic rings. The lowest BCUT2D eigenvalue weighted by atomic mass is 10.4. The van der Waals surface area contributed by atoms with Gasteiger partial charge in [-0.15, -0.1) is 0 Å². The highest BCUT2D eigenvalue weighted by Gasteiger charge is 2.13. The zero-order valence-electron chi connectivity index (χ0n) is 8.78. The van der Waals surface area contributed by atoms with Crippen LogP contribution in [-0.4, -0.2) is 59.5 Å². The zero-order chi connectivity index (χ0) is 10.4. The third kappa shape index (κ3) is 4.04. The van der Waals surface area contributed by atoms with Crippen LogP contribution in [0.5, 0.6) is 0 Å². The second kappa shape index (κ2) is 6.50. The number of ether oxygens (including phenoxy) is 1. The molecule has 0 saturated carbocycles. The van der Waals surface area contributed by atoms with E-state index in [0.717, 1.165) is 38.6 Å². The molecule has 1 aliphatic heterocycles. The largest absolute Gasteiger partial charge is 0.379 e. The molecule has 0 aromatic carbocycles. The van der Waals surface area contributed by atoms with Crippen molar-refractivity contribution in [2.75, 3.05) is 45.1 Å². The lowest BCUT2D eigenvalue weighted by molar-refractivity contribution is 0.0409. The lowest BCUT2D eigenvalue weighted by Crippen LogP contribution is -2.39. The van der Waals surface area contributed by atoms with E-state index in [-0.39, 0.29) is 5.25 Å². The molecule has 2 atom stereocenters. The summed E-state index contributed by atoms with van der Waals surface area (Å²) in [6.07, 6.45) is 0. The molecule has 1 saturated heterocycles. The maximum absolute atomic E-state index is 11.6. The summed E-state index contributed by atoms with van der Waals surface area (Å²) in [5.41, 5.74) is 5.46. The molecule has 0 spiro atoms. The number of rotatable bonds is 5. The van der Waals surface area contributed by atoms with Gasteiger partial charge in [0.15, 0.2) is 0 Å². The minimum absolute atomic E-state index is 0.121. The molecule has 0 radical (unpaired) electrons. The Balaban J connectivity index is 2.15. The molecule has 0 aromatic heterocycles. The van der Waals surface area contributed by atoms with Gasteiger partial charge in [-0.05, 0) is 6.92 Å². The van der Waals surface area contributed by atoms with Crippen molar-refractivity contribution in [1.82, 2.24) is 4.90 Å². The standard InChI is InChI=1S/C9H20N2O2S/c1-9(8-10)14(12)7-4-11-2-5-13-6-3-11/h9H,2-8,10H2,1H3.